The zero-order chi connectivity index (χ0) is 14.6. The number of nitrogens with zero attached hydrogens (tertiary/aromatic N) is 1. The smallest absolute Gasteiger partial charge is 0.410 e. The Morgan fingerprint density at radius 1 is 1.37 bits per heavy atom. The van der Waals surface area contributed by atoms with Crippen LogP contribution in [0, 0.1) is 0 Å². The molecule has 1 aromatic rings. The molecule has 0 atom stereocenters. The fourth-order valence-electron chi connectivity index (χ4n) is 1.63. The second-order valence-electron chi connectivity index (χ2n) is 5.87. The van der Waals surface area contributed by atoms with Crippen molar-refractivity contribution in [2.45, 2.75) is 52.8 Å². The van der Waals surface area contributed by atoms with Crippen LogP contribution < -0.4 is 0 Å². The topological polar surface area (TPSA) is 49.8 Å². The molecule has 0 radical (unpaired) electrons. The highest BCUT2D eigenvalue weighted by atomic mass is 16.6. The van der Waals surface area contributed by atoms with Crippen molar-refractivity contribution in [1.29, 1.82) is 0 Å². The molecule has 0 fully saturated rings. The highest BCUT2D eigenvalue weighted by molar-refractivity contribution is 5.68. The van der Waals surface area contributed by atoms with Crippen LogP contribution >= 0.6 is 0 Å². The van der Waals surface area contributed by atoms with E-state index in [1.807, 2.05) is 40.7 Å². The lowest BCUT2D eigenvalue weighted by molar-refractivity contribution is 0.0172. The van der Waals surface area contributed by atoms with E-state index in [1.165, 1.54) is 0 Å². The molecule has 1 N–H and O–H groups in total. The summed E-state index contributed by atoms with van der Waals surface area (Å²) < 4.78 is 5.39. The van der Waals surface area contributed by atoms with Gasteiger partial charge in [-0.2, -0.15) is 0 Å². The van der Waals surface area contributed by atoms with Crippen molar-refractivity contribution < 1.29 is 14.6 Å². The van der Waals surface area contributed by atoms with Crippen molar-refractivity contribution in [2.75, 3.05) is 0 Å². The zero-order valence-corrected chi connectivity index (χ0v) is 12.3. The maximum atomic E-state index is 12.1. The lowest BCUT2D eigenvalue weighted by atomic mass is 10.2. The van der Waals surface area contributed by atoms with E-state index in [-0.39, 0.29) is 17.9 Å². The lowest BCUT2D eigenvalue weighted by Gasteiger charge is -2.30. The van der Waals surface area contributed by atoms with E-state index in [0.29, 0.717) is 6.54 Å². The van der Waals surface area contributed by atoms with Crippen molar-refractivity contribution in [1.82, 2.24) is 4.90 Å². The summed E-state index contributed by atoms with van der Waals surface area (Å²) in [6, 6.07) is 6.92. The third kappa shape index (κ3) is 5.20. The van der Waals surface area contributed by atoms with Gasteiger partial charge in [0.25, 0.3) is 0 Å². The van der Waals surface area contributed by atoms with E-state index in [4.69, 9.17) is 4.74 Å². The van der Waals surface area contributed by atoms with E-state index in [1.54, 1.807) is 23.1 Å². The van der Waals surface area contributed by atoms with Gasteiger partial charge in [-0.1, -0.05) is 12.1 Å². The molecular formula is C15H23NO3. The number of amides is 1. The van der Waals surface area contributed by atoms with Crippen molar-refractivity contribution in [3.8, 4) is 5.75 Å². The minimum atomic E-state index is -0.511. The fourth-order valence-corrected chi connectivity index (χ4v) is 1.63. The first kappa shape index (κ1) is 15.3. The molecule has 1 amide bonds. The van der Waals surface area contributed by atoms with Gasteiger partial charge < -0.3 is 14.7 Å². The molecule has 1 aromatic carbocycles. The van der Waals surface area contributed by atoms with E-state index >= 15 is 0 Å². The Hall–Kier alpha value is -1.71. The van der Waals surface area contributed by atoms with Gasteiger partial charge in [-0.15, -0.1) is 0 Å². The molecule has 4 heteroatoms. The summed E-state index contributed by atoms with van der Waals surface area (Å²) in [5, 5.41) is 9.45. The number of ether oxygens (including phenoxy) is 1. The van der Waals surface area contributed by atoms with Crippen molar-refractivity contribution in [3.63, 3.8) is 0 Å². The summed E-state index contributed by atoms with van der Waals surface area (Å²) in [6.07, 6.45) is -0.342. The number of hydrogen-bond donors (Lipinski definition) is 1. The Bertz CT molecular complexity index is 435. The number of phenolic OH excluding ortho intramolecular Hbond substituents is 1. The predicted octanol–water partition coefficient (Wildman–Crippen LogP) is 3.54. The largest absolute Gasteiger partial charge is 0.508 e. The molecule has 0 aliphatic heterocycles. The van der Waals surface area contributed by atoms with Gasteiger partial charge in [0.05, 0.1) is 0 Å². The monoisotopic (exact) mass is 265 g/mol. The zero-order valence-electron chi connectivity index (χ0n) is 12.3. The van der Waals surface area contributed by atoms with Gasteiger partial charge in [-0.25, -0.2) is 4.79 Å². The number of carbonyl (C=O) groups excluding carboxylic acids is 1. The Labute approximate surface area is 115 Å². The van der Waals surface area contributed by atoms with Gasteiger partial charge in [-0.3, -0.25) is 0 Å². The number of phenols is 1. The average molecular weight is 265 g/mol. The molecule has 0 saturated heterocycles. The van der Waals surface area contributed by atoms with Crippen LogP contribution in [0.25, 0.3) is 0 Å². The fraction of sp³-hybridized carbons (Fsp3) is 0.533. The van der Waals surface area contributed by atoms with Gasteiger partial charge >= 0.3 is 6.09 Å². The molecule has 0 aliphatic rings. The second-order valence-corrected chi connectivity index (χ2v) is 5.87. The summed E-state index contributed by atoms with van der Waals surface area (Å²) in [4.78, 5) is 13.8. The maximum absolute atomic E-state index is 12.1. The van der Waals surface area contributed by atoms with Crippen LogP contribution in [0.3, 0.4) is 0 Å². The highest BCUT2D eigenvalue weighted by Gasteiger charge is 2.24. The number of aromatic hydroxyl groups is 1. The molecule has 19 heavy (non-hydrogen) atoms. The van der Waals surface area contributed by atoms with Crippen LogP contribution in [-0.4, -0.2) is 27.7 Å². The van der Waals surface area contributed by atoms with Gasteiger partial charge in [0.1, 0.15) is 11.4 Å². The molecule has 0 saturated carbocycles. The minimum Gasteiger partial charge on any atom is -0.508 e. The first-order valence-corrected chi connectivity index (χ1v) is 6.46. The van der Waals surface area contributed by atoms with Crippen LogP contribution in [0.5, 0.6) is 5.75 Å². The van der Waals surface area contributed by atoms with Crippen LogP contribution in [0.2, 0.25) is 0 Å². The van der Waals surface area contributed by atoms with Crippen molar-refractivity contribution in [3.05, 3.63) is 29.8 Å². The van der Waals surface area contributed by atoms with E-state index in [2.05, 4.69) is 0 Å². The first-order valence-electron chi connectivity index (χ1n) is 6.46. The summed E-state index contributed by atoms with van der Waals surface area (Å²) >= 11 is 0. The molecule has 0 unspecified atom stereocenters. The molecule has 0 spiro atoms. The molecule has 4 nitrogen and oxygen atoms in total. The van der Waals surface area contributed by atoms with Crippen molar-refractivity contribution in [2.24, 2.45) is 0 Å². The molecule has 0 aromatic heterocycles. The van der Waals surface area contributed by atoms with Crippen LogP contribution in [0.4, 0.5) is 4.79 Å². The highest BCUT2D eigenvalue weighted by Crippen LogP contribution is 2.17. The van der Waals surface area contributed by atoms with Gasteiger partial charge in [0.15, 0.2) is 0 Å². The van der Waals surface area contributed by atoms with Crippen molar-refractivity contribution >= 4 is 6.09 Å². The maximum Gasteiger partial charge on any atom is 0.410 e. The number of rotatable bonds is 3. The molecule has 0 bridgehead atoms. The summed E-state index contributed by atoms with van der Waals surface area (Å²) in [5.41, 5.74) is 0.364. The summed E-state index contributed by atoms with van der Waals surface area (Å²) in [7, 11) is 0. The average Bonchev–Trinajstić information content (AvgIpc) is 2.23. The Morgan fingerprint density at radius 3 is 2.47 bits per heavy atom. The van der Waals surface area contributed by atoms with Gasteiger partial charge in [-0.05, 0) is 52.3 Å². The summed E-state index contributed by atoms with van der Waals surface area (Å²) in [6.45, 7) is 9.83. The quantitative estimate of drug-likeness (QED) is 0.909. The lowest BCUT2D eigenvalue weighted by Crippen LogP contribution is -2.40. The normalized spacial score (nSPS) is 11.5. The standard InChI is InChI=1S/C15H23NO3/c1-11(2)16(14(18)19-15(3,4)5)10-12-7-6-8-13(17)9-12/h6-9,11,17H,10H2,1-5H3. The third-order valence-electron chi connectivity index (χ3n) is 2.51. The van der Waals surface area contributed by atoms with Gasteiger partial charge in [0.2, 0.25) is 0 Å². The van der Waals surface area contributed by atoms with E-state index in [9.17, 15) is 9.90 Å². The van der Waals surface area contributed by atoms with Gasteiger partial charge in [0, 0.05) is 12.6 Å². The Balaban J connectivity index is 2.81. The third-order valence-corrected chi connectivity index (χ3v) is 2.51. The molecular weight excluding hydrogens is 242 g/mol. The molecule has 1 rings (SSSR count). The molecule has 0 heterocycles. The first-order chi connectivity index (χ1) is 8.69. The predicted molar refractivity (Wildman–Crippen MR) is 75.0 cm³/mol. The minimum absolute atomic E-state index is 0.0252. The Morgan fingerprint density at radius 2 is 2.00 bits per heavy atom. The SMILES string of the molecule is CC(C)N(Cc1cccc(O)c1)C(=O)OC(C)(C)C. The second kappa shape index (κ2) is 5.95. The van der Waals surface area contributed by atoms with E-state index < -0.39 is 5.60 Å². The van der Waals surface area contributed by atoms with E-state index in [0.717, 1.165) is 5.56 Å². The number of carbonyl (C=O) groups is 1. The molecule has 106 valence electrons. The number of hydrogen-bond acceptors (Lipinski definition) is 3. The van der Waals surface area contributed by atoms with Crippen LogP contribution in [0.15, 0.2) is 24.3 Å². The van der Waals surface area contributed by atoms with Crippen LogP contribution in [-0.2, 0) is 11.3 Å². The Kier molecular flexibility index (Phi) is 4.81. The van der Waals surface area contributed by atoms with Crippen LogP contribution in [0.1, 0.15) is 40.2 Å². The summed E-state index contributed by atoms with van der Waals surface area (Å²) in [5.74, 6) is 0.199. The molecule has 0 aliphatic carbocycles. The number of benzene rings is 1.